The fourth-order valence-corrected chi connectivity index (χ4v) is 5.00. The Balaban J connectivity index is 1.29. The van der Waals surface area contributed by atoms with Crippen LogP contribution in [0, 0.1) is 13.8 Å². The van der Waals surface area contributed by atoms with Crippen LogP contribution in [0.4, 0.5) is 10.5 Å². The van der Waals surface area contributed by atoms with Crippen LogP contribution in [-0.4, -0.2) is 17.8 Å². The largest absolute Gasteiger partial charge is 0.489 e. The van der Waals surface area contributed by atoms with Gasteiger partial charge in [0.15, 0.2) is 0 Å². The molecule has 0 radical (unpaired) electrons. The molecule has 1 N–H and O–H groups in total. The minimum atomic E-state index is -0.847. The first kappa shape index (κ1) is 28.9. The Bertz CT molecular complexity index is 1700. The molecule has 7 nitrogen and oxygen atoms in total. The minimum absolute atomic E-state index is 0.214. The highest BCUT2D eigenvalue weighted by Crippen LogP contribution is 2.29. The van der Waals surface area contributed by atoms with E-state index in [1.165, 1.54) is 6.08 Å². The van der Waals surface area contributed by atoms with E-state index < -0.39 is 17.8 Å². The summed E-state index contributed by atoms with van der Waals surface area (Å²) >= 11 is 12.6. The van der Waals surface area contributed by atoms with E-state index in [-0.39, 0.29) is 17.9 Å². The number of aryl methyl sites for hydroxylation is 2. The van der Waals surface area contributed by atoms with E-state index in [1.54, 1.807) is 48.5 Å². The maximum atomic E-state index is 13.3. The number of hydrogen-bond acceptors (Lipinski definition) is 5. The average Bonchev–Trinajstić information content (AvgIpc) is 2.94. The van der Waals surface area contributed by atoms with Gasteiger partial charge < -0.3 is 9.47 Å². The molecule has 0 spiro atoms. The van der Waals surface area contributed by atoms with Gasteiger partial charge in [0.05, 0.1) is 10.7 Å². The second-order valence-corrected chi connectivity index (χ2v) is 10.6. The summed E-state index contributed by atoms with van der Waals surface area (Å²) in [6.07, 6.45) is 1.39. The number of amides is 4. The van der Waals surface area contributed by atoms with Gasteiger partial charge >= 0.3 is 6.03 Å². The molecule has 1 fully saturated rings. The molecule has 0 aliphatic carbocycles. The van der Waals surface area contributed by atoms with Gasteiger partial charge in [-0.05, 0) is 73.5 Å². The third-order valence-corrected chi connectivity index (χ3v) is 7.16. The van der Waals surface area contributed by atoms with Crippen molar-refractivity contribution in [2.24, 2.45) is 0 Å². The first-order chi connectivity index (χ1) is 20.2. The second-order valence-electron chi connectivity index (χ2n) is 9.81. The van der Waals surface area contributed by atoms with Gasteiger partial charge in [-0.1, -0.05) is 76.8 Å². The van der Waals surface area contributed by atoms with Crippen molar-refractivity contribution in [3.05, 3.63) is 128 Å². The van der Waals surface area contributed by atoms with Crippen LogP contribution < -0.4 is 19.7 Å². The van der Waals surface area contributed by atoms with Crippen LogP contribution in [0.15, 0.2) is 90.5 Å². The standard InChI is InChI=1S/C33H26Cl2N2O5/c1-20-13-21(2)15-23(14-20)18-42-30-12-7-22(17-29(30)35)16-27-31(38)36-33(40)37(32(27)39)25-8-10-26(11-9-25)41-19-24-5-3-4-6-28(24)34/h3-17H,18-19H2,1-2H3,(H,36,38,40)/b27-16+. The molecule has 0 atom stereocenters. The molecular formula is C33H26Cl2N2O5. The molecule has 1 aliphatic rings. The lowest BCUT2D eigenvalue weighted by atomic mass is 10.1. The molecule has 1 aliphatic heterocycles. The van der Waals surface area contributed by atoms with Gasteiger partial charge in [0.2, 0.25) is 0 Å². The zero-order valence-electron chi connectivity index (χ0n) is 22.8. The number of carbonyl (C=O) groups excluding carboxylic acids is 3. The monoisotopic (exact) mass is 600 g/mol. The Morgan fingerprint density at radius 2 is 1.50 bits per heavy atom. The molecule has 1 saturated heterocycles. The summed E-state index contributed by atoms with van der Waals surface area (Å²) in [5.74, 6) is -0.581. The molecule has 0 aromatic heterocycles. The number of nitrogens with one attached hydrogen (secondary N) is 1. The second kappa shape index (κ2) is 12.5. The van der Waals surface area contributed by atoms with E-state index in [0.717, 1.165) is 27.2 Å². The topological polar surface area (TPSA) is 84.9 Å². The van der Waals surface area contributed by atoms with Crippen LogP contribution in [0.5, 0.6) is 11.5 Å². The minimum Gasteiger partial charge on any atom is -0.489 e. The number of urea groups is 1. The van der Waals surface area contributed by atoms with Crippen molar-refractivity contribution in [1.82, 2.24) is 5.32 Å². The summed E-state index contributed by atoms with van der Waals surface area (Å²) in [6.45, 7) is 4.64. The number of rotatable bonds is 8. The van der Waals surface area contributed by atoms with Crippen LogP contribution in [-0.2, 0) is 22.8 Å². The van der Waals surface area contributed by atoms with E-state index in [2.05, 4.69) is 11.4 Å². The summed E-state index contributed by atoms with van der Waals surface area (Å²) in [5, 5.41) is 3.13. The van der Waals surface area contributed by atoms with Gasteiger partial charge in [-0.25, -0.2) is 9.69 Å². The van der Waals surface area contributed by atoms with Crippen molar-refractivity contribution in [3.63, 3.8) is 0 Å². The van der Waals surface area contributed by atoms with Crippen molar-refractivity contribution in [2.45, 2.75) is 27.1 Å². The van der Waals surface area contributed by atoms with Crippen LogP contribution in [0.3, 0.4) is 0 Å². The summed E-state index contributed by atoms with van der Waals surface area (Å²) in [5.41, 5.74) is 4.68. The molecule has 0 bridgehead atoms. The predicted octanol–water partition coefficient (Wildman–Crippen LogP) is 7.43. The van der Waals surface area contributed by atoms with Crippen LogP contribution in [0.25, 0.3) is 6.08 Å². The van der Waals surface area contributed by atoms with Gasteiger partial charge in [-0.2, -0.15) is 0 Å². The predicted molar refractivity (Wildman–Crippen MR) is 163 cm³/mol. The number of imide groups is 2. The molecule has 4 amide bonds. The molecule has 4 aromatic carbocycles. The van der Waals surface area contributed by atoms with Crippen molar-refractivity contribution < 1.29 is 23.9 Å². The number of carbonyl (C=O) groups is 3. The Labute approximate surface area is 253 Å². The molecule has 0 saturated carbocycles. The van der Waals surface area contributed by atoms with Gasteiger partial charge in [0.1, 0.15) is 30.3 Å². The SMILES string of the molecule is Cc1cc(C)cc(COc2ccc(/C=C3\C(=O)NC(=O)N(c4ccc(OCc5ccccc5Cl)cc4)C3=O)cc2Cl)c1. The molecule has 4 aromatic rings. The number of hydrogen-bond donors (Lipinski definition) is 1. The highest BCUT2D eigenvalue weighted by atomic mass is 35.5. The summed E-state index contributed by atoms with van der Waals surface area (Å²) in [4.78, 5) is 39.5. The number of nitrogens with zero attached hydrogens (tertiary/aromatic N) is 1. The maximum Gasteiger partial charge on any atom is 0.335 e. The highest BCUT2D eigenvalue weighted by Gasteiger charge is 2.36. The van der Waals surface area contributed by atoms with E-state index in [9.17, 15) is 14.4 Å². The third-order valence-electron chi connectivity index (χ3n) is 6.49. The third kappa shape index (κ3) is 6.65. The smallest absolute Gasteiger partial charge is 0.335 e. The van der Waals surface area contributed by atoms with Crippen LogP contribution in [0.1, 0.15) is 27.8 Å². The molecular weight excluding hydrogens is 575 g/mol. The van der Waals surface area contributed by atoms with Crippen LogP contribution in [0.2, 0.25) is 10.0 Å². The van der Waals surface area contributed by atoms with Crippen molar-refractivity contribution in [3.8, 4) is 11.5 Å². The van der Waals surface area contributed by atoms with E-state index in [0.29, 0.717) is 33.7 Å². The fourth-order valence-electron chi connectivity index (χ4n) is 4.56. The van der Waals surface area contributed by atoms with Crippen molar-refractivity contribution in [1.29, 1.82) is 0 Å². The first-order valence-corrected chi connectivity index (χ1v) is 13.8. The molecule has 0 unspecified atom stereocenters. The van der Waals surface area contributed by atoms with Gasteiger partial charge in [-0.15, -0.1) is 0 Å². The summed E-state index contributed by atoms with van der Waals surface area (Å²) < 4.78 is 11.7. The van der Waals surface area contributed by atoms with Crippen LogP contribution >= 0.6 is 23.2 Å². The van der Waals surface area contributed by atoms with E-state index in [4.69, 9.17) is 32.7 Å². The number of benzene rings is 4. The zero-order valence-corrected chi connectivity index (χ0v) is 24.3. The molecule has 42 heavy (non-hydrogen) atoms. The zero-order chi connectivity index (χ0) is 29.8. The van der Waals surface area contributed by atoms with Gasteiger partial charge in [0.25, 0.3) is 11.8 Å². The molecule has 5 rings (SSSR count). The highest BCUT2D eigenvalue weighted by molar-refractivity contribution is 6.39. The van der Waals surface area contributed by atoms with Crippen molar-refractivity contribution >= 4 is 52.8 Å². The lowest BCUT2D eigenvalue weighted by molar-refractivity contribution is -0.122. The molecule has 1 heterocycles. The summed E-state index contributed by atoms with van der Waals surface area (Å²) in [6, 6.07) is 24.0. The van der Waals surface area contributed by atoms with E-state index in [1.807, 2.05) is 44.2 Å². The Morgan fingerprint density at radius 3 is 2.19 bits per heavy atom. The molecule has 212 valence electrons. The lowest BCUT2D eigenvalue weighted by Crippen LogP contribution is -2.54. The average molecular weight is 601 g/mol. The van der Waals surface area contributed by atoms with Gasteiger partial charge in [0, 0.05) is 10.6 Å². The number of ether oxygens (including phenoxy) is 2. The Kier molecular flexibility index (Phi) is 8.61. The Hall–Kier alpha value is -4.59. The lowest BCUT2D eigenvalue weighted by Gasteiger charge is -2.26. The quantitative estimate of drug-likeness (QED) is 0.168. The van der Waals surface area contributed by atoms with Crippen molar-refractivity contribution in [2.75, 3.05) is 4.90 Å². The number of barbiturate groups is 1. The first-order valence-electron chi connectivity index (χ1n) is 13.1. The molecule has 9 heteroatoms. The maximum absolute atomic E-state index is 13.3. The normalized spacial score (nSPS) is 14.2. The Morgan fingerprint density at radius 1 is 0.786 bits per heavy atom. The van der Waals surface area contributed by atoms with E-state index >= 15 is 0 Å². The fraction of sp³-hybridized carbons (Fsp3) is 0.121. The number of anilines is 1. The van der Waals surface area contributed by atoms with Gasteiger partial charge in [-0.3, -0.25) is 14.9 Å². The summed E-state index contributed by atoms with van der Waals surface area (Å²) in [7, 11) is 0. The number of halogens is 2.